The summed E-state index contributed by atoms with van der Waals surface area (Å²) in [5.74, 6) is 0.719. The highest BCUT2D eigenvalue weighted by molar-refractivity contribution is 6.30. The van der Waals surface area contributed by atoms with E-state index in [1.54, 1.807) is 19.1 Å². The minimum Gasteiger partial charge on any atom is -0.490 e. The summed E-state index contributed by atoms with van der Waals surface area (Å²) in [5.41, 5.74) is 1.17. The highest BCUT2D eigenvalue weighted by Gasteiger charge is 2.47. The summed E-state index contributed by atoms with van der Waals surface area (Å²) in [7, 11) is 0. The smallest absolute Gasteiger partial charge is 0.407 e. The number of carboxylic acid groups (broad SMARTS) is 1. The zero-order valence-electron chi connectivity index (χ0n) is 17.3. The molecule has 2 aliphatic rings. The topological polar surface area (TPSA) is 102 Å². The molecule has 1 aliphatic carbocycles. The van der Waals surface area contributed by atoms with Crippen molar-refractivity contribution in [1.82, 2.24) is 10.1 Å². The maximum atomic E-state index is 11.8. The molecule has 1 aliphatic heterocycles. The van der Waals surface area contributed by atoms with Crippen LogP contribution in [0.3, 0.4) is 0 Å². The van der Waals surface area contributed by atoms with E-state index in [0.717, 1.165) is 37.0 Å². The molecule has 166 valence electrons. The lowest BCUT2D eigenvalue weighted by atomic mass is 9.61. The molecule has 0 radical (unpaired) electrons. The maximum absolute atomic E-state index is 11.8. The number of aromatic nitrogens is 1. The first-order chi connectivity index (χ1) is 14.9. The van der Waals surface area contributed by atoms with Crippen LogP contribution in [0, 0.1) is 5.41 Å². The van der Waals surface area contributed by atoms with Crippen molar-refractivity contribution in [3.8, 4) is 5.75 Å². The van der Waals surface area contributed by atoms with Crippen LogP contribution in [0.5, 0.6) is 5.75 Å². The lowest BCUT2D eigenvalue weighted by Gasteiger charge is -2.51. The number of nitrogens with zero attached hydrogens (tertiary/aromatic N) is 2. The van der Waals surface area contributed by atoms with Crippen LogP contribution < -0.4 is 4.74 Å². The van der Waals surface area contributed by atoms with E-state index < -0.39 is 12.1 Å². The van der Waals surface area contributed by atoms with Crippen molar-refractivity contribution in [2.75, 3.05) is 19.7 Å². The maximum Gasteiger partial charge on any atom is 0.407 e. The van der Waals surface area contributed by atoms with Gasteiger partial charge in [0, 0.05) is 36.2 Å². The average molecular weight is 449 g/mol. The van der Waals surface area contributed by atoms with Gasteiger partial charge in [0.2, 0.25) is 0 Å². The minimum absolute atomic E-state index is 0.0844. The second kappa shape index (κ2) is 8.78. The summed E-state index contributed by atoms with van der Waals surface area (Å²) in [5, 5.41) is 13.5. The van der Waals surface area contributed by atoms with Gasteiger partial charge >= 0.3 is 12.1 Å². The third-order valence-electron chi connectivity index (χ3n) is 6.14. The molecule has 1 saturated carbocycles. The van der Waals surface area contributed by atoms with Gasteiger partial charge in [-0.2, -0.15) is 0 Å². The number of amides is 1. The van der Waals surface area contributed by atoms with Gasteiger partial charge in [0.15, 0.2) is 5.69 Å². The summed E-state index contributed by atoms with van der Waals surface area (Å²) >= 11 is 6.19. The first-order valence-electron chi connectivity index (χ1n) is 10.4. The first kappa shape index (κ1) is 21.5. The summed E-state index contributed by atoms with van der Waals surface area (Å²) < 4.78 is 16.5. The number of esters is 1. The summed E-state index contributed by atoms with van der Waals surface area (Å²) in [6.45, 7) is 3.17. The number of hydrogen-bond donors (Lipinski definition) is 1. The SMILES string of the molecule is CCOC(=O)c1cc(Cc2cc(Cl)ccc2OC2CC3(CCN(C(=O)O)CC3)C2)on1. The Labute approximate surface area is 185 Å². The molecular weight excluding hydrogens is 424 g/mol. The Hall–Kier alpha value is -2.74. The van der Waals surface area contributed by atoms with Gasteiger partial charge in [-0.15, -0.1) is 0 Å². The number of rotatable bonds is 6. The first-order valence-corrected chi connectivity index (χ1v) is 10.8. The zero-order valence-corrected chi connectivity index (χ0v) is 18.1. The van der Waals surface area contributed by atoms with Crippen molar-refractivity contribution in [3.05, 3.63) is 46.3 Å². The standard InChI is InChI=1S/C22H25ClN2O6/c1-2-29-20(26)18-11-16(31-24-18)10-14-9-15(23)3-4-19(14)30-17-12-22(13-17)5-7-25(8-6-22)21(27)28/h3-4,9,11,17H,2,5-8,10,12-13H2,1H3,(H,27,28). The summed E-state index contributed by atoms with van der Waals surface area (Å²) in [6.07, 6.45) is 3.21. The molecule has 0 atom stereocenters. The van der Waals surface area contributed by atoms with Crippen LogP contribution in [0.25, 0.3) is 0 Å². The Bertz CT molecular complexity index is 959. The molecule has 0 unspecified atom stereocenters. The lowest BCUT2D eigenvalue weighted by molar-refractivity contribution is -0.0518. The number of carbonyl (C=O) groups excluding carboxylic acids is 1. The van der Waals surface area contributed by atoms with Crippen LogP contribution in [0.15, 0.2) is 28.8 Å². The normalized spacial score (nSPS) is 17.9. The van der Waals surface area contributed by atoms with Crippen molar-refractivity contribution >= 4 is 23.7 Å². The van der Waals surface area contributed by atoms with E-state index in [2.05, 4.69) is 5.16 Å². The summed E-state index contributed by atoms with van der Waals surface area (Å²) in [4.78, 5) is 24.4. The molecule has 1 spiro atoms. The van der Waals surface area contributed by atoms with Gasteiger partial charge in [0.05, 0.1) is 12.7 Å². The van der Waals surface area contributed by atoms with Crippen LogP contribution >= 0.6 is 11.6 Å². The van der Waals surface area contributed by atoms with Crippen LogP contribution in [-0.2, 0) is 11.2 Å². The molecule has 1 saturated heterocycles. The zero-order chi connectivity index (χ0) is 22.0. The number of piperidine rings is 1. The number of carbonyl (C=O) groups is 2. The van der Waals surface area contributed by atoms with Crippen LogP contribution in [0.4, 0.5) is 4.79 Å². The Morgan fingerprint density at radius 2 is 2.03 bits per heavy atom. The summed E-state index contributed by atoms with van der Waals surface area (Å²) in [6, 6.07) is 7.02. The predicted molar refractivity (Wildman–Crippen MR) is 112 cm³/mol. The fraction of sp³-hybridized carbons (Fsp3) is 0.500. The van der Waals surface area contributed by atoms with E-state index in [1.807, 2.05) is 12.1 Å². The van der Waals surface area contributed by atoms with Gasteiger partial charge in [-0.1, -0.05) is 16.8 Å². The fourth-order valence-electron chi connectivity index (χ4n) is 4.44. The molecule has 1 amide bonds. The molecule has 9 heteroatoms. The van der Waals surface area contributed by atoms with Crippen molar-refractivity contribution in [2.24, 2.45) is 5.41 Å². The van der Waals surface area contributed by atoms with Crippen LogP contribution in [-0.4, -0.2) is 53.0 Å². The van der Waals surface area contributed by atoms with Crippen LogP contribution in [0.2, 0.25) is 5.02 Å². The van der Waals surface area contributed by atoms with Gasteiger partial charge in [-0.05, 0) is 56.2 Å². The van der Waals surface area contributed by atoms with Crippen molar-refractivity contribution in [2.45, 2.75) is 45.1 Å². The monoisotopic (exact) mass is 448 g/mol. The van der Waals surface area contributed by atoms with Crippen molar-refractivity contribution in [1.29, 1.82) is 0 Å². The molecule has 1 aromatic carbocycles. The molecule has 1 N–H and O–H groups in total. The molecule has 31 heavy (non-hydrogen) atoms. The number of benzene rings is 1. The van der Waals surface area contributed by atoms with Gasteiger partial charge in [-0.3, -0.25) is 0 Å². The molecule has 2 aromatic rings. The van der Waals surface area contributed by atoms with Crippen molar-refractivity contribution < 1.29 is 28.7 Å². The van der Waals surface area contributed by atoms with Gasteiger partial charge in [0.1, 0.15) is 11.5 Å². The van der Waals surface area contributed by atoms with E-state index in [4.69, 9.17) is 30.7 Å². The average Bonchev–Trinajstić information content (AvgIpc) is 3.18. The van der Waals surface area contributed by atoms with E-state index in [0.29, 0.717) is 30.3 Å². The minimum atomic E-state index is -0.841. The number of ether oxygens (including phenoxy) is 2. The molecule has 2 heterocycles. The van der Waals surface area contributed by atoms with Gasteiger partial charge in [-0.25, -0.2) is 9.59 Å². The van der Waals surface area contributed by atoms with Crippen molar-refractivity contribution in [3.63, 3.8) is 0 Å². The quantitative estimate of drug-likeness (QED) is 0.653. The Morgan fingerprint density at radius 3 is 2.71 bits per heavy atom. The lowest BCUT2D eigenvalue weighted by Crippen LogP contribution is -2.51. The molecule has 4 rings (SSSR count). The molecular formula is C22H25ClN2O6. The second-order valence-corrected chi connectivity index (χ2v) is 8.68. The van der Waals surface area contributed by atoms with Crippen LogP contribution in [0.1, 0.15) is 54.4 Å². The van der Waals surface area contributed by atoms with E-state index in [1.165, 1.54) is 4.90 Å². The Kier molecular flexibility index (Phi) is 6.09. The molecule has 2 fully saturated rings. The predicted octanol–water partition coefficient (Wildman–Crippen LogP) is 4.40. The number of likely N-dealkylation sites (tertiary alicyclic amines) is 1. The number of hydrogen-bond acceptors (Lipinski definition) is 6. The number of halogens is 1. The largest absolute Gasteiger partial charge is 0.490 e. The highest BCUT2D eigenvalue weighted by atomic mass is 35.5. The van der Waals surface area contributed by atoms with Gasteiger partial charge in [0.25, 0.3) is 0 Å². The molecule has 1 aromatic heterocycles. The van der Waals surface area contributed by atoms with E-state index >= 15 is 0 Å². The second-order valence-electron chi connectivity index (χ2n) is 8.25. The highest BCUT2D eigenvalue weighted by Crippen LogP contribution is 2.50. The molecule has 8 nitrogen and oxygen atoms in total. The van der Waals surface area contributed by atoms with E-state index in [9.17, 15) is 9.59 Å². The third kappa shape index (κ3) is 4.79. The third-order valence-corrected chi connectivity index (χ3v) is 6.38. The van der Waals surface area contributed by atoms with E-state index in [-0.39, 0.29) is 23.8 Å². The Balaban J connectivity index is 1.38. The van der Waals surface area contributed by atoms with Gasteiger partial charge < -0.3 is 24.0 Å². The Morgan fingerprint density at radius 1 is 1.29 bits per heavy atom. The fourth-order valence-corrected chi connectivity index (χ4v) is 4.63. The molecule has 0 bridgehead atoms.